The van der Waals surface area contributed by atoms with E-state index in [9.17, 15) is 4.79 Å². The maximum absolute atomic E-state index is 13.0. The highest BCUT2D eigenvalue weighted by atomic mass is 32.2. The zero-order valence-electron chi connectivity index (χ0n) is 19.0. The van der Waals surface area contributed by atoms with Gasteiger partial charge in [-0.15, -0.1) is 10.2 Å². The smallest absolute Gasteiger partial charge is 0.233 e. The number of carbonyl (C=O) groups excluding carboxylic acids is 1. The highest BCUT2D eigenvalue weighted by molar-refractivity contribution is 7.99. The minimum absolute atomic E-state index is 0.112. The van der Waals surface area contributed by atoms with E-state index in [1.807, 2.05) is 54.3 Å². The van der Waals surface area contributed by atoms with Gasteiger partial charge < -0.3 is 14.2 Å². The molecule has 0 bridgehead atoms. The van der Waals surface area contributed by atoms with Gasteiger partial charge in [0.15, 0.2) is 11.0 Å². The van der Waals surface area contributed by atoms with Crippen LogP contribution in [0.2, 0.25) is 0 Å². The van der Waals surface area contributed by atoms with Gasteiger partial charge in [-0.25, -0.2) is 4.98 Å². The zero-order chi connectivity index (χ0) is 23.3. The van der Waals surface area contributed by atoms with Gasteiger partial charge in [0.2, 0.25) is 5.91 Å². The number of nitrogens with zero attached hydrogens (tertiary/aromatic N) is 6. The van der Waals surface area contributed by atoms with Gasteiger partial charge in [0.05, 0.1) is 24.1 Å². The van der Waals surface area contributed by atoms with Crippen LogP contribution in [0.1, 0.15) is 11.3 Å². The van der Waals surface area contributed by atoms with Crippen molar-refractivity contribution in [3.8, 4) is 11.4 Å². The quantitative estimate of drug-likeness (QED) is 0.378. The molecule has 9 heteroatoms. The highest BCUT2D eigenvalue weighted by Gasteiger charge is 2.23. The van der Waals surface area contributed by atoms with E-state index in [2.05, 4.69) is 36.8 Å². The average Bonchev–Trinajstić information content (AvgIpc) is 3.49. The van der Waals surface area contributed by atoms with E-state index in [4.69, 9.17) is 4.42 Å². The molecule has 1 aliphatic rings. The third-order valence-electron chi connectivity index (χ3n) is 5.93. The Hall–Kier alpha value is -3.59. The number of piperazine rings is 1. The molecule has 0 atom stereocenters. The van der Waals surface area contributed by atoms with Gasteiger partial charge in [-0.1, -0.05) is 48.2 Å². The van der Waals surface area contributed by atoms with E-state index >= 15 is 0 Å². The Kier molecular flexibility index (Phi) is 6.62. The fraction of sp³-hybridized carbons (Fsp3) is 0.280. The highest BCUT2D eigenvalue weighted by Crippen LogP contribution is 2.28. The third-order valence-corrected chi connectivity index (χ3v) is 6.88. The summed E-state index contributed by atoms with van der Waals surface area (Å²) in [5.74, 6) is 2.93. The van der Waals surface area contributed by atoms with Gasteiger partial charge in [-0.3, -0.25) is 9.36 Å². The number of hydrogen-bond acceptors (Lipinski definition) is 7. The van der Waals surface area contributed by atoms with Gasteiger partial charge >= 0.3 is 0 Å². The summed E-state index contributed by atoms with van der Waals surface area (Å²) in [5, 5.41) is 9.59. The molecule has 0 unspecified atom stereocenters. The van der Waals surface area contributed by atoms with Crippen LogP contribution in [0.4, 0.5) is 5.82 Å². The van der Waals surface area contributed by atoms with Crippen molar-refractivity contribution in [1.82, 2.24) is 24.6 Å². The summed E-state index contributed by atoms with van der Waals surface area (Å²) in [5.41, 5.74) is 2.05. The van der Waals surface area contributed by atoms with Gasteiger partial charge in [0.25, 0.3) is 0 Å². The molecule has 0 N–H and O–H groups in total. The number of benzene rings is 1. The average molecular weight is 475 g/mol. The monoisotopic (exact) mass is 474 g/mol. The van der Waals surface area contributed by atoms with Gasteiger partial charge in [-0.2, -0.15) is 0 Å². The van der Waals surface area contributed by atoms with Crippen LogP contribution in [0.15, 0.2) is 76.6 Å². The van der Waals surface area contributed by atoms with Crippen LogP contribution in [-0.4, -0.2) is 62.5 Å². The molecule has 8 nitrogen and oxygen atoms in total. The Morgan fingerprint density at radius 1 is 1.00 bits per heavy atom. The summed E-state index contributed by atoms with van der Waals surface area (Å²) >= 11 is 1.43. The molecule has 1 amide bonds. The van der Waals surface area contributed by atoms with Crippen molar-refractivity contribution in [2.45, 2.75) is 18.6 Å². The van der Waals surface area contributed by atoms with E-state index in [0.717, 1.165) is 46.8 Å². The van der Waals surface area contributed by atoms with Gasteiger partial charge in [0.1, 0.15) is 11.6 Å². The Balaban J connectivity index is 1.26. The summed E-state index contributed by atoms with van der Waals surface area (Å²) in [4.78, 5) is 21.5. The number of rotatable bonds is 7. The second kappa shape index (κ2) is 10.1. The molecule has 3 aromatic heterocycles. The lowest BCUT2D eigenvalue weighted by atomic mass is 10.2. The Morgan fingerprint density at radius 2 is 1.79 bits per heavy atom. The number of anilines is 1. The van der Waals surface area contributed by atoms with Crippen LogP contribution in [0.3, 0.4) is 0 Å². The largest absolute Gasteiger partial charge is 0.469 e. The predicted molar refractivity (Wildman–Crippen MR) is 132 cm³/mol. The van der Waals surface area contributed by atoms with Crippen LogP contribution in [-0.2, 0) is 11.3 Å². The first-order chi connectivity index (χ1) is 16.7. The molecule has 0 radical (unpaired) electrons. The normalized spacial score (nSPS) is 13.9. The first-order valence-corrected chi connectivity index (χ1v) is 12.3. The van der Waals surface area contributed by atoms with Crippen molar-refractivity contribution < 1.29 is 9.21 Å². The number of amides is 1. The third kappa shape index (κ3) is 4.84. The van der Waals surface area contributed by atoms with Gasteiger partial charge in [0, 0.05) is 32.4 Å². The van der Waals surface area contributed by atoms with E-state index in [-0.39, 0.29) is 5.91 Å². The number of thioether (sulfide) groups is 1. The second-order valence-electron chi connectivity index (χ2n) is 8.11. The van der Waals surface area contributed by atoms with Gasteiger partial charge in [-0.05, 0) is 30.7 Å². The summed E-state index contributed by atoms with van der Waals surface area (Å²) in [6, 6.07) is 18.0. The maximum atomic E-state index is 13.0. The SMILES string of the molecule is Cc1occc1-c1nnc(SCC(=O)N2CCN(c3ccccn3)CC2)n1Cc1ccccc1. The zero-order valence-corrected chi connectivity index (χ0v) is 19.8. The van der Waals surface area contributed by atoms with Crippen molar-refractivity contribution in [2.75, 3.05) is 36.8 Å². The first kappa shape index (κ1) is 22.2. The van der Waals surface area contributed by atoms with E-state index in [0.29, 0.717) is 25.4 Å². The second-order valence-corrected chi connectivity index (χ2v) is 9.06. The molecule has 4 heterocycles. The number of hydrogen-bond donors (Lipinski definition) is 0. The van der Waals surface area contributed by atoms with E-state index in [1.54, 1.807) is 12.5 Å². The van der Waals surface area contributed by atoms with Crippen molar-refractivity contribution in [3.63, 3.8) is 0 Å². The van der Waals surface area contributed by atoms with Crippen molar-refractivity contribution in [3.05, 3.63) is 78.4 Å². The van der Waals surface area contributed by atoms with Crippen molar-refractivity contribution >= 4 is 23.5 Å². The molecule has 1 saturated heterocycles. The maximum Gasteiger partial charge on any atom is 0.233 e. The molecule has 0 saturated carbocycles. The summed E-state index contributed by atoms with van der Waals surface area (Å²) in [6.45, 7) is 5.46. The molecular formula is C25H26N6O2S. The lowest BCUT2D eigenvalue weighted by molar-refractivity contribution is -0.128. The van der Waals surface area contributed by atoms with Crippen molar-refractivity contribution in [1.29, 1.82) is 0 Å². The fourth-order valence-corrected chi connectivity index (χ4v) is 4.90. The number of aryl methyl sites for hydroxylation is 1. The molecule has 0 aliphatic carbocycles. The molecule has 1 aliphatic heterocycles. The van der Waals surface area contributed by atoms with E-state index in [1.165, 1.54) is 11.8 Å². The molecular weight excluding hydrogens is 448 g/mol. The van der Waals surface area contributed by atoms with Crippen LogP contribution < -0.4 is 4.90 Å². The van der Waals surface area contributed by atoms with Crippen LogP contribution in [0.25, 0.3) is 11.4 Å². The van der Waals surface area contributed by atoms with Crippen molar-refractivity contribution in [2.24, 2.45) is 0 Å². The Bertz CT molecular complexity index is 1230. The summed E-state index contributed by atoms with van der Waals surface area (Å²) in [6.07, 6.45) is 3.46. The molecule has 34 heavy (non-hydrogen) atoms. The fourth-order valence-electron chi connectivity index (χ4n) is 4.06. The lowest BCUT2D eigenvalue weighted by Crippen LogP contribution is -2.49. The topological polar surface area (TPSA) is 80.3 Å². The molecule has 5 rings (SSSR count). The number of carbonyl (C=O) groups is 1. The van der Waals surface area contributed by atoms with Crippen LogP contribution in [0, 0.1) is 6.92 Å². The lowest BCUT2D eigenvalue weighted by Gasteiger charge is -2.35. The van der Waals surface area contributed by atoms with E-state index < -0.39 is 0 Å². The molecule has 174 valence electrons. The molecule has 1 fully saturated rings. The first-order valence-electron chi connectivity index (χ1n) is 11.3. The minimum Gasteiger partial charge on any atom is -0.469 e. The molecule has 4 aromatic rings. The summed E-state index contributed by atoms with van der Waals surface area (Å²) in [7, 11) is 0. The number of pyridine rings is 1. The standard InChI is InChI=1S/C25H26N6O2S/c1-19-21(10-16-33-19)24-27-28-25(31(24)17-20-7-3-2-4-8-20)34-18-23(32)30-14-12-29(13-15-30)22-9-5-6-11-26-22/h2-11,16H,12-15,17-18H2,1H3. The molecule has 1 aromatic carbocycles. The minimum atomic E-state index is 0.112. The molecule has 0 spiro atoms. The van der Waals surface area contributed by atoms with Crippen LogP contribution >= 0.6 is 11.8 Å². The van der Waals surface area contributed by atoms with Crippen LogP contribution in [0.5, 0.6) is 0 Å². The number of aromatic nitrogens is 4. The Labute approximate surface area is 202 Å². The predicted octanol–water partition coefficient (Wildman–Crippen LogP) is 3.73. The number of furan rings is 1. The Morgan fingerprint density at radius 3 is 2.50 bits per heavy atom. The summed E-state index contributed by atoms with van der Waals surface area (Å²) < 4.78 is 7.55.